The van der Waals surface area contributed by atoms with Gasteiger partial charge in [-0.1, -0.05) is 24.3 Å². The van der Waals surface area contributed by atoms with Gasteiger partial charge < -0.3 is 30.5 Å². The van der Waals surface area contributed by atoms with E-state index in [1.807, 2.05) is 0 Å². The van der Waals surface area contributed by atoms with Crippen LogP contribution in [-0.2, 0) is 28.8 Å². The largest absolute Gasteiger partial charge is 0.481 e. The van der Waals surface area contributed by atoms with E-state index in [0.29, 0.717) is 5.69 Å². The van der Waals surface area contributed by atoms with E-state index in [2.05, 4.69) is 15.6 Å². The number of aliphatic hydroxyl groups excluding tert-OH is 1. The van der Waals surface area contributed by atoms with E-state index in [1.165, 1.54) is 35.6 Å². The number of carboxylic acids is 1. The smallest absolute Gasteiger partial charge is 0.305 e. The molecule has 4 N–H and O–H groups in total. The van der Waals surface area contributed by atoms with Gasteiger partial charge >= 0.3 is 5.97 Å². The molecule has 0 unspecified atom stereocenters. The first kappa shape index (κ1) is 29.9. The molecule has 0 aliphatic carbocycles. The van der Waals surface area contributed by atoms with Crippen molar-refractivity contribution in [3.8, 4) is 0 Å². The summed E-state index contributed by atoms with van der Waals surface area (Å²) in [5.74, 6) is -4.30. The predicted molar refractivity (Wildman–Crippen MR) is 145 cm³/mol. The van der Waals surface area contributed by atoms with Crippen molar-refractivity contribution in [2.24, 2.45) is 0 Å². The fraction of sp³-hybridized carbons (Fsp3) is 0.269. The van der Waals surface area contributed by atoms with Gasteiger partial charge in [0.15, 0.2) is 0 Å². The maximum Gasteiger partial charge on any atom is 0.305 e. The lowest BCUT2D eigenvalue weighted by molar-refractivity contribution is -0.139. The van der Waals surface area contributed by atoms with Crippen LogP contribution >= 0.6 is 11.3 Å². The Hall–Kier alpha value is -4.69. The van der Waals surface area contributed by atoms with Gasteiger partial charge in [0.05, 0.1) is 41.6 Å². The lowest BCUT2D eigenvalue weighted by Gasteiger charge is -2.25. The SMILES string of the molecule is C/C=C\C(=C/c1cscn1)C(=O)N[C@H]1CN(C(=O)CO)c2ccccc2N(CC(=O)N[C@H](C=O)CC(=O)O)C1=O. The summed E-state index contributed by atoms with van der Waals surface area (Å²) in [6.45, 7) is -0.180. The lowest BCUT2D eigenvalue weighted by Crippen LogP contribution is -2.55. The number of para-hydroxylation sites is 2. The number of benzene rings is 1. The molecule has 2 atom stereocenters. The van der Waals surface area contributed by atoms with Crippen molar-refractivity contribution in [1.29, 1.82) is 0 Å². The number of carboxylic acid groups (broad SMARTS) is 1. The highest BCUT2D eigenvalue weighted by Crippen LogP contribution is 2.33. The topological polar surface area (TPSA) is 186 Å². The normalized spacial score (nSPS) is 16.2. The number of amides is 4. The van der Waals surface area contributed by atoms with Crippen molar-refractivity contribution in [2.75, 3.05) is 29.5 Å². The molecule has 1 aliphatic heterocycles. The van der Waals surface area contributed by atoms with Crippen molar-refractivity contribution in [3.63, 3.8) is 0 Å². The van der Waals surface area contributed by atoms with Crippen LogP contribution in [0.3, 0.4) is 0 Å². The highest BCUT2D eigenvalue weighted by molar-refractivity contribution is 7.07. The summed E-state index contributed by atoms with van der Waals surface area (Å²) < 4.78 is 0. The molecule has 1 aromatic carbocycles. The van der Waals surface area contributed by atoms with Gasteiger partial charge in [-0.05, 0) is 25.1 Å². The second-order valence-electron chi connectivity index (χ2n) is 8.52. The number of aromatic nitrogens is 1. The molecule has 40 heavy (non-hydrogen) atoms. The summed E-state index contributed by atoms with van der Waals surface area (Å²) in [6.07, 6.45) is 4.28. The monoisotopic (exact) mass is 569 g/mol. The van der Waals surface area contributed by atoms with E-state index < -0.39 is 61.3 Å². The molecule has 0 fully saturated rings. The molecule has 4 amide bonds. The number of carbonyl (C=O) groups excluding carboxylic acids is 5. The molecule has 0 radical (unpaired) electrons. The van der Waals surface area contributed by atoms with Crippen LogP contribution < -0.4 is 20.4 Å². The number of aliphatic carboxylic acids is 1. The van der Waals surface area contributed by atoms with E-state index in [4.69, 9.17) is 5.11 Å². The Morgan fingerprint density at radius 1 is 1.23 bits per heavy atom. The summed E-state index contributed by atoms with van der Waals surface area (Å²) in [4.78, 5) is 81.1. The van der Waals surface area contributed by atoms with Crippen molar-refractivity contribution in [3.05, 3.63) is 58.6 Å². The quantitative estimate of drug-likeness (QED) is 0.166. The first-order chi connectivity index (χ1) is 19.2. The Balaban J connectivity index is 1.98. The van der Waals surface area contributed by atoms with Crippen molar-refractivity contribution < 1.29 is 39.0 Å². The summed E-state index contributed by atoms with van der Waals surface area (Å²) >= 11 is 1.33. The van der Waals surface area contributed by atoms with Crippen LogP contribution in [0, 0.1) is 0 Å². The number of thiazole rings is 1. The van der Waals surface area contributed by atoms with E-state index in [9.17, 15) is 33.9 Å². The molecular weight excluding hydrogens is 542 g/mol. The van der Waals surface area contributed by atoms with Gasteiger partial charge in [0.25, 0.3) is 17.7 Å². The third-order valence-electron chi connectivity index (χ3n) is 5.70. The molecule has 1 aliphatic rings. The molecule has 0 saturated carbocycles. The highest BCUT2D eigenvalue weighted by atomic mass is 32.1. The molecule has 2 aromatic rings. The summed E-state index contributed by atoms with van der Waals surface area (Å²) in [5, 5.41) is 25.2. The number of hydrogen-bond acceptors (Lipinski definition) is 9. The van der Waals surface area contributed by atoms with Crippen LogP contribution in [0.25, 0.3) is 6.08 Å². The number of aldehydes is 1. The molecular formula is C26H27N5O8S. The number of rotatable bonds is 11. The van der Waals surface area contributed by atoms with E-state index in [-0.39, 0.29) is 29.8 Å². The maximum absolute atomic E-state index is 13.8. The Labute approximate surface area is 232 Å². The first-order valence-electron chi connectivity index (χ1n) is 12.0. The summed E-state index contributed by atoms with van der Waals surface area (Å²) in [6, 6.07) is 3.46. The minimum Gasteiger partial charge on any atom is -0.481 e. The zero-order valence-corrected chi connectivity index (χ0v) is 22.2. The Bertz CT molecular complexity index is 1340. The van der Waals surface area contributed by atoms with E-state index >= 15 is 0 Å². The Kier molecular flexibility index (Phi) is 10.4. The zero-order valence-electron chi connectivity index (χ0n) is 21.4. The molecule has 0 bridgehead atoms. The molecule has 210 valence electrons. The van der Waals surface area contributed by atoms with Gasteiger partial charge in [-0.15, -0.1) is 11.3 Å². The van der Waals surface area contributed by atoms with Crippen molar-refractivity contribution >= 4 is 64.7 Å². The summed E-state index contributed by atoms with van der Waals surface area (Å²) in [7, 11) is 0. The maximum atomic E-state index is 13.8. The fourth-order valence-corrected chi connectivity index (χ4v) is 4.47. The third kappa shape index (κ3) is 7.45. The van der Waals surface area contributed by atoms with Crippen LogP contribution in [0.4, 0.5) is 11.4 Å². The average Bonchev–Trinajstić information content (AvgIpc) is 3.42. The van der Waals surface area contributed by atoms with E-state index in [0.717, 1.165) is 9.80 Å². The number of allylic oxidation sites excluding steroid dienone is 1. The van der Waals surface area contributed by atoms with Gasteiger partial charge in [-0.25, -0.2) is 4.98 Å². The number of nitrogens with zero attached hydrogens (tertiary/aromatic N) is 3. The van der Waals surface area contributed by atoms with Crippen LogP contribution in [0.5, 0.6) is 0 Å². The second-order valence-corrected chi connectivity index (χ2v) is 9.24. The van der Waals surface area contributed by atoms with Gasteiger partial charge in [0.2, 0.25) is 5.91 Å². The van der Waals surface area contributed by atoms with Gasteiger partial charge in [0.1, 0.15) is 25.5 Å². The first-order valence-corrected chi connectivity index (χ1v) is 12.9. The number of hydrogen-bond donors (Lipinski definition) is 4. The number of anilines is 2. The minimum absolute atomic E-state index is 0.133. The molecule has 2 heterocycles. The van der Waals surface area contributed by atoms with Crippen molar-refractivity contribution in [2.45, 2.75) is 25.4 Å². The molecule has 1 aromatic heterocycles. The molecule has 0 spiro atoms. The van der Waals surface area contributed by atoms with Crippen LogP contribution in [0.2, 0.25) is 0 Å². The van der Waals surface area contributed by atoms with Gasteiger partial charge in [-0.2, -0.15) is 0 Å². The van der Waals surface area contributed by atoms with Gasteiger partial charge in [0, 0.05) is 11.0 Å². The standard InChI is InChI=1S/C26H27N5O8S/c1-2-5-16(8-18-14-40-15-27-18)25(38)29-19-10-30(23(35)13-33)20-6-3-4-7-21(20)31(26(19)39)11-22(34)28-17(12-32)9-24(36)37/h2-8,12,14-15,17,19,33H,9-11,13H2,1H3,(H,28,34)(H,29,38)(H,36,37)/b5-2-,16-8+/t17-,19-/m0/s1. The number of fused-ring (bicyclic) bond motifs is 1. The number of carbonyl (C=O) groups is 6. The minimum atomic E-state index is -1.35. The van der Waals surface area contributed by atoms with Crippen molar-refractivity contribution in [1.82, 2.24) is 15.6 Å². The number of nitrogens with one attached hydrogen (secondary N) is 2. The van der Waals surface area contributed by atoms with E-state index in [1.54, 1.807) is 36.0 Å². The van der Waals surface area contributed by atoms with Gasteiger partial charge in [-0.3, -0.25) is 28.9 Å². The second kappa shape index (κ2) is 13.9. The molecule has 0 saturated heterocycles. The fourth-order valence-electron chi connectivity index (χ4n) is 3.96. The number of aliphatic hydroxyl groups is 1. The predicted octanol–water partition coefficient (Wildman–Crippen LogP) is 0.118. The van der Waals surface area contributed by atoms with Crippen LogP contribution in [0.1, 0.15) is 19.0 Å². The molecule has 3 rings (SSSR count). The lowest BCUT2D eigenvalue weighted by atomic mass is 10.1. The Morgan fingerprint density at radius 3 is 2.55 bits per heavy atom. The molecule has 14 heteroatoms. The average molecular weight is 570 g/mol. The van der Waals surface area contributed by atoms with Crippen LogP contribution in [-0.4, -0.2) is 82.9 Å². The third-order valence-corrected chi connectivity index (χ3v) is 6.31. The summed E-state index contributed by atoms with van der Waals surface area (Å²) in [5.41, 5.74) is 2.62. The Morgan fingerprint density at radius 2 is 1.95 bits per heavy atom. The highest BCUT2D eigenvalue weighted by Gasteiger charge is 2.37. The molecule has 13 nitrogen and oxygen atoms in total. The van der Waals surface area contributed by atoms with Crippen LogP contribution in [0.15, 0.2) is 52.9 Å². The zero-order chi connectivity index (χ0) is 29.2.